The largest absolute Gasteiger partial charge is 0.497 e. The summed E-state index contributed by atoms with van der Waals surface area (Å²) in [7, 11) is 1.61. The van der Waals surface area contributed by atoms with Crippen molar-refractivity contribution in [2.45, 2.75) is 13.0 Å². The lowest BCUT2D eigenvalue weighted by Gasteiger charge is -2.06. The summed E-state index contributed by atoms with van der Waals surface area (Å²) in [5.41, 5.74) is 2.00. The van der Waals surface area contributed by atoms with E-state index < -0.39 is 0 Å². The Morgan fingerprint density at radius 2 is 2.28 bits per heavy atom. The van der Waals surface area contributed by atoms with E-state index in [4.69, 9.17) is 21.4 Å². The quantitative estimate of drug-likeness (QED) is 0.902. The van der Waals surface area contributed by atoms with Crippen LogP contribution in [-0.2, 0) is 13.0 Å². The Hall–Kier alpha value is -1.52. The fourth-order valence-corrected chi connectivity index (χ4v) is 1.94. The molecule has 0 saturated heterocycles. The summed E-state index contributed by atoms with van der Waals surface area (Å²) in [5.74, 6) is 0.741. The second-order valence-electron chi connectivity index (χ2n) is 3.98. The van der Waals surface area contributed by atoms with E-state index in [-0.39, 0.29) is 6.61 Å². The predicted molar refractivity (Wildman–Crippen MR) is 70.1 cm³/mol. The van der Waals surface area contributed by atoms with Gasteiger partial charge in [-0.15, -0.1) is 0 Å². The number of ether oxygens (including phenoxy) is 1. The smallest absolute Gasteiger partial charge is 0.120 e. The fraction of sp³-hybridized carbons (Fsp3) is 0.308. The van der Waals surface area contributed by atoms with E-state index in [0.29, 0.717) is 18.0 Å². The highest BCUT2D eigenvalue weighted by molar-refractivity contribution is 6.31. The number of benzene rings is 1. The van der Waals surface area contributed by atoms with Gasteiger partial charge in [0.05, 0.1) is 19.9 Å². The maximum atomic E-state index is 8.85. The summed E-state index contributed by atoms with van der Waals surface area (Å²) in [4.78, 5) is 0. The number of rotatable bonds is 5. The molecule has 4 nitrogen and oxygen atoms in total. The van der Waals surface area contributed by atoms with E-state index in [1.165, 1.54) is 0 Å². The van der Waals surface area contributed by atoms with Gasteiger partial charge in [0, 0.05) is 17.8 Å². The van der Waals surface area contributed by atoms with Gasteiger partial charge in [0.15, 0.2) is 0 Å². The molecular weight excluding hydrogens is 252 g/mol. The molecular formula is C13H15ClN2O2. The Bertz CT molecular complexity index is 525. The molecule has 1 aromatic heterocycles. The maximum absolute atomic E-state index is 8.85. The van der Waals surface area contributed by atoms with Gasteiger partial charge in [-0.1, -0.05) is 17.7 Å². The molecule has 0 radical (unpaired) electrons. The van der Waals surface area contributed by atoms with Crippen molar-refractivity contribution in [3.05, 3.63) is 46.7 Å². The van der Waals surface area contributed by atoms with Crippen LogP contribution >= 0.6 is 11.6 Å². The Morgan fingerprint density at radius 1 is 1.44 bits per heavy atom. The highest BCUT2D eigenvalue weighted by Gasteiger charge is 2.04. The van der Waals surface area contributed by atoms with Gasteiger partial charge in [0.2, 0.25) is 0 Å². The summed E-state index contributed by atoms with van der Waals surface area (Å²) in [6.07, 6.45) is 4.29. The number of aromatic nitrogens is 2. The summed E-state index contributed by atoms with van der Waals surface area (Å²) in [6.45, 7) is 0.739. The Morgan fingerprint density at radius 3 is 2.94 bits per heavy atom. The number of hydrogen-bond acceptors (Lipinski definition) is 3. The lowest BCUT2D eigenvalue weighted by Crippen LogP contribution is -2.01. The average molecular weight is 267 g/mol. The molecule has 1 N–H and O–H groups in total. The molecule has 5 heteroatoms. The molecule has 0 fully saturated rings. The predicted octanol–water partition coefficient (Wildman–Crippen LogP) is 2.13. The first-order valence-electron chi connectivity index (χ1n) is 5.67. The van der Waals surface area contributed by atoms with Crippen molar-refractivity contribution in [3.63, 3.8) is 0 Å². The minimum Gasteiger partial charge on any atom is -0.497 e. The standard InChI is InChI=1S/C13H15ClN2O2/c1-18-12-3-2-11(13(14)6-12)9-16-8-10(4-5-17)7-15-16/h2-3,6-8,17H,4-5,9H2,1H3. The van der Waals surface area contributed by atoms with E-state index in [9.17, 15) is 0 Å². The normalized spacial score (nSPS) is 10.6. The average Bonchev–Trinajstić information content (AvgIpc) is 2.80. The van der Waals surface area contributed by atoms with Crippen LogP contribution in [-0.4, -0.2) is 28.6 Å². The van der Waals surface area contributed by atoms with Crippen molar-refractivity contribution in [1.82, 2.24) is 9.78 Å². The number of methoxy groups -OCH3 is 1. The molecule has 1 heterocycles. The molecule has 0 aliphatic rings. The van der Waals surface area contributed by atoms with Crippen molar-refractivity contribution < 1.29 is 9.84 Å². The third kappa shape index (κ3) is 3.03. The summed E-state index contributed by atoms with van der Waals surface area (Å²) in [5, 5.41) is 13.7. The monoisotopic (exact) mass is 266 g/mol. The first kappa shape index (κ1) is 12.9. The number of hydrogen-bond donors (Lipinski definition) is 1. The van der Waals surface area contributed by atoms with Crippen molar-refractivity contribution >= 4 is 11.6 Å². The number of halogens is 1. The van der Waals surface area contributed by atoms with Gasteiger partial charge in [0.1, 0.15) is 5.75 Å². The Labute approximate surface area is 111 Å². The molecule has 18 heavy (non-hydrogen) atoms. The summed E-state index contributed by atoms with van der Waals surface area (Å²) < 4.78 is 6.91. The van der Waals surface area contributed by atoms with Gasteiger partial charge in [-0.05, 0) is 29.7 Å². The zero-order valence-corrected chi connectivity index (χ0v) is 10.9. The van der Waals surface area contributed by atoms with Crippen molar-refractivity contribution in [2.75, 3.05) is 13.7 Å². The first-order chi connectivity index (χ1) is 8.72. The third-order valence-corrected chi connectivity index (χ3v) is 3.03. The van der Waals surface area contributed by atoms with Crippen LogP contribution in [0.5, 0.6) is 5.75 Å². The molecule has 0 saturated carbocycles. The van der Waals surface area contributed by atoms with Crippen LogP contribution in [0.4, 0.5) is 0 Å². The molecule has 0 aliphatic carbocycles. The minimum atomic E-state index is 0.134. The molecule has 0 spiro atoms. The van der Waals surface area contributed by atoms with E-state index in [1.54, 1.807) is 24.1 Å². The van der Waals surface area contributed by atoms with E-state index >= 15 is 0 Å². The molecule has 0 unspecified atom stereocenters. The van der Waals surface area contributed by atoms with Gasteiger partial charge in [-0.25, -0.2) is 0 Å². The van der Waals surface area contributed by atoms with Gasteiger partial charge < -0.3 is 9.84 Å². The van der Waals surface area contributed by atoms with Crippen molar-refractivity contribution in [3.8, 4) is 5.75 Å². The maximum Gasteiger partial charge on any atom is 0.120 e. The second kappa shape index (κ2) is 5.89. The molecule has 0 bridgehead atoms. The van der Waals surface area contributed by atoms with Crippen LogP contribution in [0, 0.1) is 0 Å². The SMILES string of the molecule is COc1ccc(Cn2cc(CCO)cn2)c(Cl)c1. The Balaban J connectivity index is 2.12. The molecule has 2 aromatic rings. The van der Waals surface area contributed by atoms with Gasteiger partial charge in [0.25, 0.3) is 0 Å². The lowest BCUT2D eigenvalue weighted by molar-refractivity contribution is 0.299. The number of aliphatic hydroxyl groups is 1. The third-order valence-electron chi connectivity index (χ3n) is 2.68. The van der Waals surface area contributed by atoms with Crippen LogP contribution in [0.15, 0.2) is 30.6 Å². The van der Waals surface area contributed by atoms with Crippen LogP contribution in [0.2, 0.25) is 5.02 Å². The molecule has 0 aliphatic heterocycles. The van der Waals surface area contributed by atoms with Gasteiger partial charge in [-0.3, -0.25) is 4.68 Å². The zero-order valence-electron chi connectivity index (χ0n) is 10.1. The lowest BCUT2D eigenvalue weighted by atomic mass is 10.2. The molecule has 2 rings (SSSR count). The highest BCUT2D eigenvalue weighted by atomic mass is 35.5. The highest BCUT2D eigenvalue weighted by Crippen LogP contribution is 2.23. The topological polar surface area (TPSA) is 47.3 Å². The van der Waals surface area contributed by atoms with E-state index in [0.717, 1.165) is 16.9 Å². The minimum absolute atomic E-state index is 0.134. The van der Waals surface area contributed by atoms with Crippen LogP contribution in [0.25, 0.3) is 0 Å². The fourth-order valence-electron chi connectivity index (χ4n) is 1.71. The van der Waals surface area contributed by atoms with Crippen LogP contribution < -0.4 is 4.74 Å². The Kier molecular flexibility index (Phi) is 4.23. The van der Waals surface area contributed by atoms with E-state index in [1.807, 2.05) is 18.3 Å². The molecule has 1 aromatic carbocycles. The van der Waals surface area contributed by atoms with Gasteiger partial charge >= 0.3 is 0 Å². The number of nitrogens with zero attached hydrogens (tertiary/aromatic N) is 2. The van der Waals surface area contributed by atoms with E-state index in [2.05, 4.69) is 5.10 Å². The summed E-state index contributed by atoms with van der Waals surface area (Å²) in [6, 6.07) is 5.59. The molecule has 96 valence electrons. The zero-order chi connectivity index (χ0) is 13.0. The first-order valence-corrected chi connectivity index (χ1v) is 6.05. The van der Waals surface area contributed by atoms with Crippen molar-refractivity contribution in [2.24, 2.45) is 0 Å². The van der Waals surface area contributed by atoms with Crippen molar-refractivity contribution in [1.29, 1.82) is 0 Å². The second-order valence-corrected chi connectivity index (χ2v) is 4.38. The number of aliphatic hydroxyl groups excluding tert-OH is 1. The summed E-state index contributed by atoms with van der Waals surface area (Å²) >= 11 is 6.16. The molecule has 0 atom stereocenters. The van der Waals surface area contributed by atoms with Crippen LogP contribution in [0.1, 0.15) is 11.1 Å². The molecule has 0 amide bonds. The van der Waals surface area contributed by atoms with Crippen LogP contribution in [0.3, 0.4) is 0 Å². The van der Waals surface area contributed by atoms with Gasteiger partial charge in [-0.2, -0.15) is 5.10 Å².